The van der Waals surface area contributed by atoms with Crippen LogP contribution in [0.3, 0.4) is 0 Å². The van der Waals surface area contributed by atoms with Crippen molar-refractivity contribution in [1.82, 2.24) is 4.98 Å². The molecule has 4 nitrogen and oxygen atoms in total. The molecule has 1 heterocycles. The Hall–Kier alpha value is -1.39. The van der Waals surface area contributed by atoms with Crippen molar-refractivity contribution in [2.45, 2.75) is 43.7 Å². The van der Waals surface area contributed by atoms with Gasteiger partial charge < -0.3 is 14.9 Å². The van der Waals surface area contributed by atoms with E-state index in [1.165, 1.54) is 6.42 Å². The molecular formula is C15H20N2O2. The number of hydrogen-bond donors (Lipinski definition) is 1. The van der Waals surface area contributed by atoms with Crippen molar-refractivity contribution in [3.8, 4) is 0 Å². The van der Waals surface area contributed by atoms with Crippen LogP contribution in [-0.4, -0.2) is 23.7 Å². The number of ether oxygens (including phenoxy) is 1. The number of benzene rings is 1. The lowest BCUT2D eigenvalue weighted by Gasteiger charge is -2.42. The van der Waals surface area contributed by atoms with Crippen LogP contribution in [0.2, 0.25) is 0 Å². The van der Waals surface area contributed by atoms with Gasteiger partial charge in [-0.2, -0.15) is 0 Å². The first kappa shape index (κ1) is 12.6. The monoisotopic (exact) mass is 260 g/mol. The van der Waals surface area contributed by atoms with E-state index in [0.29, 0.717) is 6.42 Å². The lowest BCUT2D eigenvalue weighted by atomic mass is 9.75. The van der Waals surface area contributed by atoms with E-state index in [4.69, 9.17) is 14.9 Å². The minimum atomic E-state index is 0.00539. The summed E-state index contributed by atoms with van der Waals surface area (Å²) in [7, 11) is 1.78. The molecule has 0 aliphatic heterocycles. The molecule has 1 unspecified atom stereocenters. The van der Waals surface area contributed by atoms with Crippen molar-refractivity contribution in [3.63, 3.8) is 0 Å². The summed E-state index contributed by atoms with van der Waals surface area (Å²) >= 11 is 0. The molecule has 0 spiro atoms. The first-order valence-electron chi connectivity index (χ1n) is 6.86. The molecule has 1 saturated carbocycles. The van der Waals surface area contributed by atoms with Gasteiger partial charge in [0.2, 0.25) is 0 Å². The largest absolute Gasteiger partial charge is 0.441 e. The molecule has 0 amide bonds. The SMILES string of the molecule is COC1(CC(N)Cc2nc3ccccc3o2)CCC1. The Morgan fingerprint density at radius 2 is 2.21 bits per heavy atom. The maximum Gasteiger partial charge on any atom is 0.197 e. The van der Waals surface area contributed by atoms with E-state index in [1.54, 1.807) is 7.11 Å². The van der Waals surface area contributed by atoms with Crippen LogP contribution < -0.4 is 5.73 Å². The van der Waals surface area contributed by atoms with Gasteiger partial charge in [-0.15, -0.1) is 0 Å². The molecule has 0 radical (unpaired) electrons. The van der Waals surface area contributed by atoms with Crippen molar-refractivity contribution in [2.75, 3.05) is 7.11 Å². The number of nitrogens with two attached hydrogens (primary N) is 1. The minimum Gasteiger partial charge on any atom is -0.441 e. The van der Waals surface area contributed by atoms with E-state index in [9.17, 15) is 0 Å². The van der Waals surface area contributed by atoms with E-state index in [-0.39, 0.29) is 11.6 Å². The third kappa shape index (κ3) is 2.51. The molecular weight excluding hydrogens is 240 g/mol. The number of para-hydroxylation sites is 2. The van der Waals surface area contributed by atoms with Gasteiger partial charge in [0.15, 0.2) is 11.5 Å². The predicted molar refractivity (Wildman–Crippen MR) is 73.9 cm³/mol. The molecule has 0 saturated heterocycles. The Balaban J connectivity index is 1.67. The molecule has 1 aromatic heterocycles. The molecule has 2 aromatic rings. The maximum absolute atomic E-state index is 6.22. The Morgan fingerprint density at radius 3 is 2.84 bits per heavy atom. The van der Waals surface area contributed by atoms with E-state index in [2.05, 4.69) is 4.98 Å². The van der Waals surface area contributed by atoms with Crippen LogP contribution in [0.25, 0.3) is 11.1 Å². The highest BCUT2D eigenvalue weighted by atomic mass is 16.5. The van der Waals surface area contributed by atoms with Gasteiger partial charge in [-0.25, -0.2) is 4.98 Å². The number of nitrogens with zero attached hydrogens (tertiary/aromatic N) is 1. The molecule has 1 aliphatic rings. The van der Waals surface area contributed by atoms with Gasteiger partial charge in [0.1, 0.15) is 5.52 Å². The Labute approximate surface area is 112 Å². The summed E-state index contributed by atoms with van der Waals surface area (Å²) < 4.78 is 11.3. The zero-order valence-corrected chi connectivity index (χ0v) is 11.3. The Morgan fingerprint density at radius 1 is 1.42 bits per heavy atom. The van der Waals surface area contributed by atoms with Crippen LogP contribution in [0.15, 0.2) is 28.7 Å². The molecule has 1 fully saturated rings. The molecule has 0 bridgehead atoms. The molecule has 2 N–H and O–H groups in total. The molecule has 102 valence electrons. The maximum atomic E-state index is 6.22. The third-order valence-corrected chi connectivity index (χ3v) is 4.11. The summed E-state index contributed by atoms with van der Waals surface area (Å²) in [5.74, 6) is 0.722. The van der Waals surface area contributed by atoms with Crippen LogP contribution in [0, 0.1) is 0 Å². The van der Waals surface area contributed by atoms with E-state index in [0.717, 1.165) is 36.3 Å². The number of aromatic nitrogens is 1. The van der Waals surface area contributed by atoms with Crippen LogP contribution in [0.1, 0.15) is 31.6 Å². The highest BCUT2D eigenvalue weighted by molar-refractivity contribution is 5.72. The summed E-state index contributed by atoms with van der Waals surface area (Å²) in [6.07, 6.45) is 5.01. The number of hydrogen-bond acceptors (Lipinski definition) is 4. The Bertz CT molecular complexity index is 522. The minimum absolute atomic E-state index is 0.00539. The van der Waals surface area contributed by atoms with Gasteiger partial charge in [0, 0.05) is 19.6 Å². The quantitative estimate of drug-likeness (QED) is 0.897. The molecule has 19 heavy (non-hydrogen) atoms. The lowest BCUT2D eigenvalue weighted by Crippen LogP contribution is -2.45. The van der Waals surface area contributed by atoms with Crippen molar-refractivity contribution in [3.05, 3.63) is 30.2 Å². The second-order valence-corrected chi connectivity index (χ2v) is 5.48. The average molecular weight is 260 g/mol. The first-order valence-corrected chi connectivity index (χ1v) is 6.86. The molecule has 1 aromatic carbocycles. The van der Waals surface area contributed by atoms with Crippen molar-refractivity contribution in [2.24, 2.45) is 5.73 Å². The molecule has 1 atom stereocenters. The lowest BCUT2D eigenvalue weighted by molar-refractivity contribution is -0.0815. The highest BCUT2D eigenvalue weighted by Gasteiger charge is 2.38. The van der Waals surface area contributed by atoms with Crippen LogP contribution in [0.5, 0.6) is 0 Å². The number of methoxy groups -OCH3 is 1. The second kappa shape index (κ2) is 4.94. The summed E-state index contributed by atoms with van der Waals surface area (Å²) in [5.41, 5.74) is 7.95. The zero-order valence-electron chi connectivity index (χ0n) is 11.3. The fourth-order valence-electron chi connectivity index (χ4n) is 2.84. The van der Waals surface area contributed by atoms with Gasteiger partial charge in [-0.05, 0) is 37.8 Å². The normalized spacial score (nSPS) is 19.3. The van der Waals surface area contributed by atoms with Crippen molar-refractivity contribution < 1.29 is 9.15 Å². The summed E-state index contributed by atoms with van der Waals surface area (Å²) in [6.45, 7) is 0. The van der Waals surface area contributed by atoms with Crippen LogP contribution in [-0.2, 0) is 11.2 Å². The van der Waals surface area contributed by atoms with E-state index >= 15 is 0 Å². The first-order chi connectivity index (χ1) is 9.21. The van der Waals surface area contributed by atoms with Crippen molar-refractivity contribution in [1.29, 1.82) is 0 Å². The van der Waals surface area contributed by atoms with Gasteiger partial charge in [0.05, 0.1) is 5.60 Å². The second-order valence-electron chi connectivity index (χ2n) is 5.48. The summed E-state index contributed by atoms with van der Waals surface area (Å²) in [6, 6.07) is 7.83. The Kier molecular flexibility index (Phi) is 3.29. The van der Waals surface area contributed by atoms with Gasteiger partial charge in [0.25, 0.3) is 0 Å². The van der Waals surface area contributed by atoms with Crippen molar-refractivity contribution >= 4 is 11.1 Å². The zero-order chi connectivity index (χ0) is 13.3. The molecule has 3 rings (SSSR count). The van der Waals surface area contributed by atoms with Gasteiger partial charge >= 0.3 is 0 Å². The summed E-state index contributed by atoms with van der Waals surface area (Å²) in [4.78, 5) is 4.46. The average Bonchev–Trinajstić information content (AvgIpc) is 2.75. The fraction of sp³-hybridized carbons (Fsp3) is 0.533. The molecule has 1 aliphatic carbocycles. The third-order valence-electron chi connectivity index (χ3n) is 4.11. The van der Waals surface area contributed by atoms with Gasteiger partial charge in [-0.1, -0.05) is 12.1 Å². The van der Waals surface area contributed by atoms with E-state index in [1.807, 2.05) is 24.3 Å². The van der Waals surface area contributed by atoms with E-state index < -0.39 is 0 Å². The highest BCUT2D eigenvalue weighted by Crippen LogP contribution is 2.38. The summed E-state index contributed by atoms with van der Waals surface area (Å²) in [5, 5.41) is 0. The fourth-order valence-corrected chi connectivity index (χ4v) is 2.84. The van der Waals surface area contributed by atoms with Crippen LogP contribution in [0.4, 0.5) is 0 Å². The smallest absolute Gasteiger partial charge is 0.197 e. The van der Waals surface area contributed by atoms with Crippen LogP contribution >= 0.6 is 0 Å². The topological polar surface area (TPSA) is 61.3 Å². The number of rotatable bonds is 5. The number of oxazole rings is 1. The molecule has 4 heteroatoms. The number of fused-ring (bicyclic) bond motifs is 1. The standard InChI is InChI=1S/C15H20N2O2/c1-18-15(7-4-8-15)10-11(16)9-14-17-12-5-2-3-6-13(12)19-14/h2-3,5-6,11H,4,7-10,16H2,1H3. The predicted octanol–water partition coefficient (Wildman–Crippen LogP) is 2.66. The van der Waals surface area contributed by atoms with Gasteiger partial charge in [-0.3, -0.25) is 0 Å².